The van der Waals surface area contributed by atoms with E-state index in [-0.39, 0.29) is 11.8 Å². The summed E-state index contributed by atoms with van der Waals surface area (Å²) in [4.78, 5) is 4.59. The van der Waals surface area contributed by atoms with E-state index in [0.717, 1.165) is 35.4 Å². The minimum Gasteiger partial charge on any atom is -0.507 e. The highest BCUT2D eigenvalue weighted by atomic mass is 16.3. The van der Waals surface area contributed by atoms with Gasteiger partial charge in [-0.15, -0.1) is 0 Å². The minimum atomic E-state index is 0.121. The van der Waals surface area contributed by atoms with Gasteiger partial charge in [0.15, 0.2) is 0 Å². The van der Waals surface area contributed by atoms with Crippen LogP contribution < -0.4 is 5.73 Å². The van der Waals surface area contributed by atoms with Crippen LogP contribution in [0.1, 0.15) is 23.7 Å². The molecule has 0 bridgehead atoms. The molecule has 1 unspecified atom stereocenters. The Kier molecular flexibility index (Phi) is 2.34. The lowest BCUT2D eigenvalue weighted by Crippen LogP contribution is -2.05. The first-order valence-electron chi connectivity index (χ1n) is 5.79. The van der Waals surface area contributed by atoms with E-state index in [2.05, 4.69) is 4.98 Å². The van der Waals surface area contributed by atoms with Crippen molar-refractivity contribution in [3.63, 3.8) is 0 Å². The quantitative estimate of drug-likeness (QED) is 0.785. The number of nitrogens with zero attached hydrogens (tertiary/aromatic N) is 1. The molecule has 3 nitrogen and oxygen atoms in total. The fourth-order valence-corrected chi connectivity index (χ4v) is 2.34. The van der Waals surface area contributed by atoms with E-state index in [9.17, 15) is 5.11 Å². The second kappa shape index (κ2) is 3.86. The van der Waals surface area contributed by atoms with E-state index in [1.54, 1.807) is 6.07 Å². The molecule has 1 aromatic heterocycles. The summed E-state index contributed by atoms with van der Waals surface area (Å²) in [5, 5.41) is 9.80. The first kappa shape index (κ1) is 10.3. The topological polar surface area (TPSA) is 59.1 Å². The average Bonchev–Trinajstić information content (AvgIpc) is 2.71. The number of hydrogen-bond donors (Lipinski definition) is 2. The van der Waals surface area contributed by atoms with Gasteiger partial charge in [0.05, 0.1) is 5.69 Å². The zero-order valence-electron chi connectivity index (χ0n) is 9.43. The van der Waals surface area contributed by atoms with E-state index < -0.39 is 0 Å². The Morgan fingerprint density at radius 1 is 1.18 bits per heavy atom. The molecule has 0 spiro atoms. The van der Waals surface area contributed by atoms with Crippen molar-refractivity contribution in [2.45, 2.75) is 18.9 Å². The van der Waals surface area contributed by atoms with E-state index in [0.29, 0.717) is 0 Å². The summed E-state index contributed by atoms with van der Waals surface area (Å²) in [7, 11) is 0. The number of benzene rings is 1. The summed E-state index contributed by atoms with van der Waals surface area (Å²) >= 11 is 0. The number of nitrogens with two attached hydrogens (primary N) is 1. The Balaban J connectivity index is 2.09. The van der Waals surface area contributed by atoms with Gasteiger partial charge in [-0.1, -0.05) is 18.2 Å². The zero-order valence-corrected chi connectivity index (χ0v) is 9.43. The van der Waals surface area contributed by atoms with Crippen LogP contribution in [0.5, 0.6) is 5.75 Å². The summed E-state index contributed by atoms with van der Waals surface area (Å²) < 4.78 is 0. The third-order valence-corrected chi connectivity index (χ3v) is 3.28. The highest BCUT2D eigenvalue weighted by Crippen LogP contribution is 2.32. The maximum atomic E-state index is 9.80. The summed E-state index contributed by atoms with van der Waals surface area (Å²) in [6.07, 6.45) is 1.89. The maximum absolute atomic E-state index is 9.80. The molecule has 1 aromatic carbocycles. The van der Waals surface area contributed by atoms with Gasteiger partial charge in [0.25, 0.3) is 0 Å². The van der Waals surface area contributed by atoms with Gasteiger partial charge in [0, 0.05) is 17.3 Å². The molecule has 17 heavy (non-hydrogen) atoms. The standard InChI is InChI=1S/C14H14N2O/c15-11-6-8-12-9(11)5-7-13(16-12)10-3-1-2-4-14(10)17/h1-5,7,11,17H,6,8,15H2. The molecule has 1 aliphatic rings. The summed E-state index contributed by atoms with van der Waals surface area (Å²) in [6, 6.07) is 11.3. The van der Waals surface area contributed by atoms with Crippen LogP contribution in [0.3, 0.4) is 0 Å². The van der Waals surface area contributed by atoms with Gasteiger partial charge in [-0.3, -0.25) is 4.98 Å². The van der Waals surface area contributed by atoms with Gasteiger partial charge < -0.3 is 10.8 Å². The largest absolute Gasteiger partial charge is 0.507 e. The van der Waals surface area contributed by atoms with Crippen LogP contribution in [-0.2, 0) is 6.42 Å². The molecule has 0 saturated heterocycles. The Morgan fingerprint density at radius 3 is 2.82 bits per heavy atom. The summed E-state index contributed by atoms with van der Waals surface area (Å²) in [5.74, 6) is 0.266. The summed E-state index contributed by atoms with van der Waals surface area (Å²) in [6.45, 7) is 0. The molecule has 3 heteroatoms. The number of phenols is 1. The molecular formula is C14H14N2O. The van der Waals surface area contributed by atoms with Crippen LogP contribution >= 0.6 is 0 Å². The Morgan fingerprint density at radius 2 is 2.00 bits per heavy atom. The van der Waals surface area contributed by atoms with Gasteiger partial charge in [0.1, 0.15) is 5.75 Å². The lowest BCUT2D eigenvalue weighted by Gasteiger charge is -2.07. The van der Waals surface area contributed by atoms with E-state index >= 15 is 0 Å². The number of phenolic OH excluding ortho intramolecular Hbond substituents is 1. The lowest BCUT2D eigenvalue weighted by atomic mass is 10.1. The van der Waals surface area contributed by atoms with Crippen molar-refractivity contribution in [3.05, 3.63) is 47.7 Å². The predicted molar refractivity (Wildman–Crippen MR) is 66.6 cm³/mol. The Labute approximate surface area is 99.9 Å². The van der Waals surface area contributed by atoms with E-state index in [4.69, 9.17) is 5.73 Å². The normalized spacial score (nSPS) is 18.1. The molecule has 0 radical (unpaired) electrons. The first-order chi connectivity index (χ1) is 8.25. The number of aromatic nitrogens is 1. The van der Waals surface area contributed by atoms with Gasteiger partial charge in [-0.05, 0) is 36.6 Å². The van der Waals surface area contributed by atoms with Crippen LogP contribution in [0.15, 0.2) is 36.4 Å². The second-order valence-electron chi connectivity index (χ2n) is 4.39. The van der Waals surface area contributed by atoms with E-state index in [1.165, 1.54) is 0 Å². The molecule has 0 fully saturated rings. The van der Waals surface area contributed by atoms with Crippen LogP contribution in [0.2, 0.25) is 0 Å². The number of para-hydroxylation sites is 1. The smallest absolute Gasteiger partial charge is 0.124 e. The third kappa shape index (κ3) is 1.68. The molecule has 2 aromatic rings. The molecular weight excluding hydrogens is 212 g/mol. The molecule has 0 saturated carbocycles. The first-order valence-corrected chi connectivity index (χ1v) is 5.79. The molecule has 1 heterocycles. The van der Waals surface area contributed by atoms with Crippen molar-refractivity contribution in [1.82, 2.24) is 4.98 Å². The van der Waals surface area contributed by atoms with Crippen LogP contribution in [0.4, 0.5) is 0 Å². The minimum absolute atomic E-state index is 0.121. The van der Waals surface area contributed by atoms with Gasteiger partial charge in [-0.2, -0.15) is 0 Å². The SMILES string of the molecule is NC1CCc2nc(-c3ccccc3O)ccc21. The average molecular weight is 226 g/mol. The number of fused-ring (bicyclic) bond motifs is 1. The van der Waals surface area contributed by atoms with Crippen molar-refractivity contribution in [1.29, 1.82) is 0 Å². The highest BCUT2D eigenvalue weighted by molar-refractivity contribution is 5.67. The van der Waals surface area contributed by atoms with Gasteiger partial charge in [-0.25, -0.2) is 0 Å². The number of aryl methyl sites for hydroxylation is 1. The highest BCUT2D eigenvalue weighted by Gasteiger charge is 2.20. The molecule has 0 aliphatic heterocycles. The van der Waals surface area contributed by atoms with Gasteiger partial charge in [0.2, 0.25) is 0 Å². The van der Waals surface area contributed by atoms with Crippen LogP contribution in [0.25, 0.3) is 11.3 Å². The van der Waals surface area contributed by atoms with Crippen molar-refractivity contribution >= 4 is 0 Å². The Hall–Kier alpha value is -1.87. The molecule has 1 atom stereocenters. The van der Waals surface area contributed by atoms with Crippen molar-refractivity contribution in [2.75, 3.05) is 0 Å². The van der Waals surface area contributed by atoms with Gasteiger partial charge >= 0.3 is 0 Å². The second-order valence-corrected chi connectivity index (χ2v) is 4.39. The number of pyridine rings is 1. The lowest BCUT2D eigenvalue weighted by molar-refractivity contribution is 0.477. The van der Waals surface area contributed by atoms with Crippen molar-refractivity contribution < 1.29 is 5.11 Å². The molecule has 86 valence electrons. The fourth-order valence-electron chi connectivity index (χ4n) is 2.34. The summed E-state index contributed by atoms with van der Waals surface area (Å²) in [5.41, 5.74) is 9.78. The number of aromatic hydroxyl groups is 1. The molecule has 1 aliphatic carbocycles. The molecule has 0 amide bonds. The predicted octanol–water partition coefficient (Wildman–Crippen LogP) is 2.40. The van der Waals surface area contributed by atoms with Crippen molar-refractivity contribution in [2.24, 2.45) is 5.73 Å². The Bertz CT molecular complexity index is 566. The van der Waals surface area contributed by atoms with Crippen LogP contribution in [-0.4, -0.2) is 10.1 Å². The monoisotopic (exact) mass is 226 g/mol. The van der Waals surface area contributed by atoms with Crippen molar-refractivity contribution in [3.8, 4) is 17.0 Å². The zero-order chi connectivity index (χ0) is 11.8. The number of rotatable bonds is 1. The third-order valence-electron chi connectivity index (χ3n) is 3.28. The maximum Gasteiger partial charge on any atom is 0.124 e. The molecule has 3 rings (SSSR count). The van der Waals surface area contributed by atoms with Crippen LogP contribution in [0, 0.1) is 0 Å². The van der Waals surface area contributed by atoms with E-state index in [1.807, 2.05) is 30.3 Å². The molecule has 3 N–H and O–H groups in total. The number of hydrogen-bond acceptors (Lipinski definition) is 3. The fraction of sp³-hybridized carbons (Fsp3) is 0.214.